The van der Waals surface area contributed by atoms with E-state index in [2.05, 4.69) is 26.7 Å². The zero-order valence-corrected chi connectivity index (χ0v) is 26.7. The van der Waals surface area contributed by atoms with Crippen LogP contribution in [0.4, 0.5) is 10.2 Å². The Morgan fingerprint density at radius 1 is 1.13 bits per heavy atom. The number of carbonyl (C=O) groups excluding carboxylic acids is 2. The zero-order valence-electron chi connectivity index (χ0n) is 26.0. The summed E-state index contributed by atoms with van der Waals surface area (Å²) in [6, 6.07) is 11.4. The fourth-order valence-corrected chi connectivity index (χ4v) is 6.49. The third kappa shape index (κ3) is 6.43. The molecule has 1 unspecified atom stereocenters. The molecule has 2 fully saturated rings. The second-order valence-electron chi connectivity index (χ2n) is 11.7. The summed E-state index contributed by atoms with van der Waals surface area (Å²) >= 11 is 6.58. The van der Waals surface area contributed by atoms with Crippen molar-refractivity contribution >= 4 is 57.2 Å². The standard InChI is InChI=1S/C34H35ClFN6O4/c1-40-15-6-9-23(40)20-46-34-38-32-25(17-37-31(30(32)36)24-10-4-7-22-8-5-11-26(35)29(22)24)33(39-34)41(2)18-21-14-16-42(19-21)27(43)12-13-28(44)45-3/h4-5,7-8,10-13,17-18,21,23H,6,9,14-16,19-20H2,1-3H3/q+1/b13-12+,41-18-/t21?,23-/m0/s1. The van der Waals surface area contributed by atoms with Crippen molar-refractivity contribution in [2.75, 3.05) is 47.4 Å². The molecule has 12 heteroatoms. The van der Waals surface area contributed by atoms with Gasteiger partial charge in [-0.15, -0.1) is 0 Å². The third-order valence-corrected chi connectivity index (χ3v) is 9.01. The summed E-state index contributed by atoms with van der Waals surface area (Å²) < 4.78 is 29.1. The highest BCUT2D eigenvalue weighted by atomic mass is 35.5. The Morgan fingerprint density at radius 2 is 1.93 bits per heavy atom. The smallest absolute Gasteiger partial charge is 0.434 e. The monoisotopic (exact) mass is 645 g/mol. The minimum absolute atomic E-state index is 0.00287. The number of ether oxygens (including phenoxy) is 2. The number of nitrogens with zero attached hydrogens (tertiary/aromatic N) is 6. The molecule has 6 rings (SSSR count). The molecule has 0 saturated carbocycles. The first-order valence-electron chi connectivity index (χ1n) is 15.2. The lowest BCUT2D eigenvalue weighted by molar-refractivity contribution is -0.405. The number of hydrogen-bond donors (Lipinski definition) is 0. The summed E-state index contributed by atoms with van der Waals surface area (Å²) in [5, 5.41) is 2.50. The molecule has 2 aliphatic rings. The fraction of sp³-hybridized carbons (Fsp3) is 0.353. The molecule has 2 aromatic carbocycles. The first-order valence-corrected chi connectivity index (χ1v) is 15.6. The number of aromatic nitrogens is 3. The van der Waals surface area contributed by atoms with Gasteiger partial charge in [0.1, 0.15) is 23.2 Å². The number of methoxy groups -OCH3 is 1. The molecule has 46 heavy (non-hydrogen) atoms. The van der Waals surface area contributed by atoms with Crippen LogP contribution >= 0.6 is 11.6 Å². The molecule has 2 aliphatic heterocycles. The number of halogens is 2. The van der Waals surface area contributed by atoms with Crippen LogP contribution in [0.1, 0.15) is 19.3 Å². The SMILES string of the molecule is COC(=O)/C=C/C(=O)N1CCC(/C=[N+](/C)c2nc(OC[C@@H]3CCCN3C)nc3c(F)c(-c4cccc5cccc(Cl)c45)ncc23)C1. The van der Waals surface area contributed by atoms with Crippen LogP contribution in [0.2, 0.25) is 5.02 Å². The number of benzene rings is 2. The van der Waals surface area contributed by atoms with Crippen LogP contribution in [-0.4, -0.2) is 101 Å². The number of carbonyl (C=O) groups is 2. The van der Waals surface area contributed by atoms with Gasteiger partial charge in [-0.05, 0) is 44.3 Å². The van der Waals surface area contributed by atoms with E-state index in [1.807, 2.05) is 42.1 Å². The molecule has 0 bridgehead atoms. The molecule has 10 nitrogen and oxygen atoms in total. The molecular formula is C34H35ClFN6O4+. The number of amides is 1. The number of likely N-dealkylation sites (N-methyl/N-ethyl adjacent to an activating group) is 1. The van der Waals surface area contributed by atoms with Gasteiger partial charge in [-0.25, -0.2) is 13.8 Å². The molecule has 0 aliphatic carbocycles. The minimum Gasteiger partial charge on any atom is -0.466 e. The van der Waals surface area contributed by atoms with Crippen molar-refractivity contribution in [3.8, 4) is 17.3 Å². The maximum Gasteiger partial charge on any atom is 0.434 e. The van der Waals surface area contributed by atoms with Gasteiger partial charge in [-0.2, -0.15) is 4.98 Å². The van der Waals surface area contributed by atoms with Gasteiger partial charge in [0.2, 0.25) is 5.91 Å². The lowest BCUT2D eigenvalue weighted by Crippen LogP contribution is -2.31. The Balaban J connectivity index is 1.38. The van der Waals surface area contributed by atoms with Crippen LogP contribution in [0, 0.1) is 11.7 Å². The highest BCUT2D eigenvalue weighted by Gasteiger charge is 2.29. The van der Waals surface area contributed by atoms with Gasteiger partial charge in [-0.1, -0.05) is 41.9 Å². The van der Waals surface area contributed by atoms with Crippen LogP contribution in [0.5, 0.6) is 6.01 Å². The van der Waals surface area contributed by atoms with E-state index in [1.54, 1.807) is 23.2 Å². The van der Waals surface area contributed by atoms with Crippen molar-refractivity contribution in [1.82, 2.24) is 24.8 Å². The second-order valence-corrected chi connectivity index (χ2v) is 12.1. The fourth-order valence-electron chi connectivity index (χ4n) is 6.20. The van der Waals surface area contributed by atoms with E-state index in [-0.39, 0.29) is 35.1 Å². The molecule has 1 amide bonds. The second kappa shape index (κ2) is 13.5. The summed E-state index contributed by atoms with van der Waals surface area (Å²) in [7, 11) is 5.15. The number of hydrogen-bond acceptors (Lipinski definition) is 8. The number of fused-ring (bicyclic) bond motifs is 2. The van der Waals surface area contributed by atoms with E-state index in [0.29, 0.717) is 53.3 Å². The van der Waals surface area contributed by atoms with Crippen LogP contribution in [0.15, 0.2) is 54.7 Å². The van der Waals surface area contributed by atoms with E-state index in [1.165, 1.54) is 13.2 Å². The number of rotatable bonds is 8. The summed E-state index contributed by atoms with van der Waals surface area (Å²) in [5.41, 5.74) is 0.786. The van der Waals surface area contributed by atoms with Gasteiger partial charge in [-0.3, -0.25) is 9.78 Å². The first-order chi connectivity index (χ1) is 22.2. The number of likely N-dealkylation sites (tertiary alicyclic amines) is 2. The Bertz CT molecular complexity index is 1880. The average Bonchev–Trinajstić information content (AvgIpc) is 3.70. The normalized spacial score (nSPS) is 19.1. The largest absolute Gasteiger partial charge is 0.466 e. The minimum atomic E-state index is -0.597. The van der Waals surface area contributed by atoms with Gasteiger partial charge in [0, 0.05) is 64.4 Å². The predicted octanol–water partition coefficient (Wildman–Crippen LogP) is 5.03. The molecule has 2 saturated heterocycles. The van der Waals surface area contributed by atoms with Crippen LogP contribution in [0.3, 0.4) is 0 Å². The van der Waals surface area contributed by atoms with Gasteiger partial charge in [0.15, 0.2) is 5.82 Å². The van der Waals surface area contributed by atoms with E-state index < -0.39 is 11.8 Å². The highest BCUT2D eigenvalue weighted by molar-refractivity contribution is 6.36. The van der Waals surface area contributed by atoms with Gasteiger partial charge in [0.05, 0.1) is 20.4 Å². The average molecular weight is 646 g/mol. The molecule has 2 atom stereocenters. The third-order valence-electron chi connectivity index (χ3n) is 8.70. The topological polar surface area (TPSA) is 101 Å². The Kier molecular flexibility index (Phi) is 9.23. The molecule has 2 aromatic heterocycles. The van der Waals surface area contributed by atoms with E-state index in [9.17, 15) is 9.59 Å². The van der Waals surface area contributed by atoms with Crippen molar-refractivity contribution < 1.29 is 28.0 Å². The summed E-state index contributed by atoms with van der Waals surface area (Å²) in [6.45, 7) is 2.35. The molecule has 0 N–H and O–H groups in total. The Labute approximate surface area is 271 Å². The molecule has 0 radical (unpaired) electrons. The zero-order chi connectivity index (χ0) is 32.4. The van der Waals surface area contributed by atoms with Crippen molar-refractivity contribution in [3.63, 3.8) is 0 Å². The summed E-state index contributed by atoms with van der Waals surface area (Å²) in [4.78, 5) is 41.8. The molecule has 0 spiro atoms. The van der Waals surface area contributed by atoms with Crippen LogP contribution in [-0.2, 0) is 14.3 Å². The van der Waals surface area contributed by atoms with Crippen molar-refractivity contribution in [2.45, 2.75) is 25.3 Å². The first kappa shape index (κ1) is 31.5. The number of pyridine rings is 1. The van der Waals surface area contributed by atoms with E-state index in [0.717, 1.165) is 30.8 Å². The molecule has 4 heterocycles. The van der Waals surface area contributed by atoms with Crippen LogP contribution in [0.25, 0.3) is 32.9 Å². The van der Waals surface area contributed by atoms with Crippen molar-refractivity contribution in [2.24, 2.45) is 5.92 Å². The van der Waals surface area contributed by atoms with Crippen LogP contribution < -0.4 is 4.74 Å². The quantitative estimate of drug-likeness (QED) is 0.114. The highest BCUT2D eigenvalue weighted by Crippen LogP contribution is 2.37. The predicted molar refractivity (Wildman–Crippen MR) is 174 cm³/mol. The lowest BCUT2D eigenvalue weighted by Gasteiger charge is -2.18. The maximum atomic E-state index is 16.6. The van der Waals surface area contributed by atoms with Gasteiger partial charge < -0.3 is 19.3 Å². The van der Waals surface area contributed by atoms with E-state index >= 15 is 4.39 Å². The van der Waals surface area contributed by atoms with Gasteiger partial charge >= 0.3 is 17.8 Å². The maximum absolute atomic E-state index is 16.6. The summed E-state index contributed by atoms with van der Waals surface area (Å²) in [6.07, 6.45) is 8.68. The van der Waals surface area contributed by atoms with Crippen molar-refractivity contribution in [1.29, 1.82) is 0 Å². The molecule has 4 aromatic rings. The Hall–Kier alpha value is -4.48. The molecule has 238 valence electrons. The van der Waals surface area contributed by atoms with E-state index in [4.69, 9.17) is 21.3 Å². The Morgan fingerprint density at radius 3 is 2.70 bits per heavy atom. The molecular weight excluding hydrogens is 611 g/mol. The summed E-state index contributed by atoms with van der Waals surface area (Å²) in [5.74, 6) is -1.02. The number of esters is 1. The lowest BCUT2D eigenvalue weighted by atomic mass is 10.0. The van der Waals surface area contributed by atoms with Gasteiger partial charge in [0.25, 0.3) is 0 Å². The van der Waals surface area contributed by atoms with Crippen molar-refractivity contribution in [3.05, 3.63) is 65.6 Å².